The Balaban J connectivity index is 1.35. The zero-order valence-corrected chi connectivity index (χ0v) is 20.2. The summed E-state index contributed by atoms with van der Waals surface area (Å²) in [5.41, 5.74) is 2.56. The van der Waals surface area contributed by atoms with Gasteiger partial charge in [0.2, 0.25) is 18.6 Å². The van der Waals surface area contributed by atoms with Gasteiger partial charge in [0.25, 0.3) is 0 Å². The Kier molecular flexibility index (Phi) is 7.25. The molecule has 4 aliphatic rings. The van der Waals surface area contributed by atoms with Crippen LogP contribution in [0.25, 0.3) is 0 Å². The second-order valence-corrected chi connectivity index (χ2v) is 10.3. The van der Waals surface area contributed by atoms with Crippen LogP contribution < -0.4 is 14.8 Å². The molecule has 1 aromatic carbocycles. The van der Waals surface area contributed by atoms with Crippen molar-refractivity contribution in [2.45, 2.75) is 45.1 Å². The van der Waals surface area contributed by atoms with Crippen molar-refractivity contribution >= 4 is 11.8 Å². The summed E-state index contributed by atoms with van der Waals surface area (Å²) >= 11 is 0. The number of hydrogen-bond donors (Lipinski definition) is 1. The van der Waals surface area contributed by atoms with Crippen molar-refractivity contribution in [3.05, 3.63) is 23.3 Å². The number of carbonyl (C=O) groups excluding carboxylic acids is 2. The first kappa shape index (κ1) is 23.4. The van der Waals surface area contributed by atoms with Crippen LogP contribution in [0.5, 0.6) is 11.5 Å². The number of carbonyl (C=O) groups is 2. The number of nitrogens with one attached hydrogen (secondary N) is 1. The molecule has 2 amide bonds. The predicted octanol–water partition coefficient (Wildman–Crippen LogP) is 2.19. The minimum atomic E-state index is 0.0621. The number of fused-ring (bicyclic) bond motifs is 3. The number of likely N-dealkylation sites (tertiary alicyclic amines) is 1. The summed E-state index contributed by atoms with van der Waals surface area (Å²) in [6, 6.07) is 4.27. The van der Waals surface area contributed by atoms with E-state index in [1.807, 2.05) is 4.90 Å². The van der Waals surface area contributed by atoms with Gasteiger partial charge in [-0.15, -0.1) is 0 Å². The van der Waals surface area contributed by atoms with Crippen molar-refractivity contribution in [1.29, 1.82) is 0 Å². The first-order valence-corrected chi connectivity index (χ1v) is 12.8. The van der Waals surface area contributed by atoms with E-state index in [-0.39, 0.29) is 30.4 Å². The van der Waals surface area contributed by atoms with Crippen LogP contribution in [0.3, 0.4) is 0 Å². The van der Waals surface area contributed by atoms with Crippen molar-refractivity contribution in [2.75, 3.05) is 53.2 Å². The van der Waals surface area contributed by atoms with E-state index in [9.17, 15) is 9.59 Å². The molecule has 0 unspecified atom stereocenters. The van der Waals surface area contributed by atoms with Gasteiger partial charge in [-0.05, 0) is 80.8 Å². The molecule has 0 bridgehead atoms. The lowest BCUT2D eigenvalue weighted by atomic mass is 9.86. The topological polar surface area (TPSA) is 80.3 Å². The van der Waals surface area contributed by atoms with Gasteiger partial charge in [-0.2, -0.15) is 0 Å². The van der Waals surface area contributed by atoms with E-state index in [0.29, 0.717) is 38.6 Å². The number of aryl methyl sites for hydroxylation is 1. The van der Waals surface area contributed by atoms with Gasteiger partial charge in [0.1, 0.15) is 0 Å². The van der Waals surface area contributed by atoms with E-state index in [4.69, 9.17) is 14.2 Å². The highest BCUT2D eigenvalue weighted by Crippen LogP contribution is 2.38. The molecule has 0 radical (unpaired) electrons. The fourth-order valence-electron chi connectivity index (χ4n) is 5.88. The van der Waals surface area contributed by atoms with E-state index in [2.05, 4.69) is 29.4 Å². The summed E-state index contributed by atoms with van der Waals surface area (Å²) < 4.78 is 16.8. The van der Waals surface area contributed by atoms with Gasteiger partial charge in [0, 0.05) is 51.7 Å². The Labute approximate surface area is 201 Å². The molecule has 0 aromatic heterocycles. The van der Waals surface area contributed by atoms with E-state index in [0.717, 1.165) is 63.2 Å². The smallest absolute Gasteiger partial charge is 0.231 e. The Morgan fingerprint density at radius 3 is 2.56 bits per heavy atom. The highest BCUT2D eigenvalue weighted by atomic mass is 16.7. The predicted molar refractivity (Wildman–Crippen MR) is 127 cm³/mol. The monoisotopic (exact) mass is 471 g/mol. The van der Waals surface area contributed by atoms with Crippen molar-refractivity contribution in [3.63, 3.8) is 0 Å². The first-order chi connectivity index (χ1) is 16.6. The molecule has 2 fully saturated rings. The van der Waals surface area contributed by atoms with Crippen molar-refractivity contribution < 1.29 is 23.8 Å². The molecule has 5 rings (SSSR count). The lowest BCUT2D eigenvalue weighted by molar-refractivity contribution is -0.137. The third-order valence-electron chi connectivity index (χ3n) is 7.86. The van der Waals surface area contributed by atoms with Crippen molar-refractivity contribution in [2.24, 2.45) is 17.8 Å². The van der Waals surface area contributed by atoms with Gasteiger partial charge >= 0.3 is 0 Å². The molecule has 0 saturated carbocycles. The second-order valence-electron chi connectivity index (χ2n) is 10.3. The van der Waals surface area contributed by atoms with Crippen LogP contribution in [-0.4, -0.2) is 74.8 Å². The SMILES string of the molecule is CN1CCCNC(=O)C[C@H]2CN(C(=O)C3CCOCC3)C[C@H]2CCc2cc3c(cc2C1)OCO3. The van der Waals surface area contributed by atoms with E-state index in [1.54, 1.807) is 0 Å². The van der Waals surface area contributed by atoms with Gasteiger partial charge < -0.3 is 29.3 Å². The maximum absolute atomic E-state index is 13.2. The van der Waals surface area contributed by atoms with Gasteiger partial charge in [-0.3, -0.25) is 9.59 Å². The summed E-state index contributed by atoms with van der Waals surface area (Å²) in [5.74, 6) is 2.58. The first-order valence-electron chi connectivity index (χ1n) is 12.8. The molecule has 34 heavy (non-hydrogen) atoms. The van der Waals surface area contributed by atoms with Gasteiger partial charge in [-0.1, -0.05) is 0 Å². The molecule has 2 atom stereocenters. The van der Waals surface area contributed by atoms with E-state index in [1.165, 1.54) is 11.1 Å². The maximum Gasteiger partial charge on any atom is 0.231 e. The van der Waals surface area contributed by atoms with Gasteiger partial charge in [0.05, 0.1) is 0 Å². The van der Waals surface area contributed by atoms with Crippen LogP contribution in [0, 0.1) is 17.8 Å². The molecular weight excluding hydrogens is 434 g/mol. The summed E-state index contributed by atoms with van der Waals surface area (Å²) in [7, 11) is 2.12. The number of nitrogens with zero attached hydrogens (tertiary/aromatic N) is 2. The zero-order chi connectivity index (χ0) is 23.5. The normalized spacial score (nSPS) is 27.0. The molecule has 0 spiro atoms. The molecule has 1 aromatic rings. The fraction of sp³-hybridized carbons (Fsp3) is 0.692. The Bertz CT molecular complexity index is 901. The molecule has 4 heterocycles. The van der Waals surface area contributed by atoms with Crippen LogP contribution in [0.1, 0.15) is 43.2 Å². The summed E-state index contributed by atoms with van der Waals surface area (Å²) in [5, 5.41) is 3.11. The average molecular weight is 472 g/mol. The molecule has 2 saturated heterocycles. The molecule has 0 aliphatic carbocycles. The molecule has 8 heteroatoms. The third-order valence-corrected chi connectivity index (χ3v) is 7.86. The standard InChI is InChI=1S/C26H37N3O5/c1-28-8-2-7-27-25(30)13-22-16-29(26(31)18-5-9-32-10-6-18)15-20(22)4-3-19-11-23-24(34-17-33-23)12-21(19)14-28/h11-12,18,20,22H,2-10,13-17H2,1H3,(H,27,30)/t20-,22+/m1/s1. The van der Waals surface area contributed by atoms with Gasteiger partial charge in [0.15, 0.2) is 11.5 Å². The third kappa shape index (κ3) is 5.33. The number of benzene rings is 1. The summed E-state index contributed by atoms with van der Waals surface area (Å²) in [6.07, 6.45) is 4.86. The van der Waals surface area contributed by atoms with Crippen LogP contribution >= 0.6 is 0 Å². The van der Waals surface area contributed by atoms with Crippen LogP contribution in [0.15, 0.2) is 12.1 Å². The van der Waals surface area contributed by atoms with Crippen molar-refractivity contribution in [3.8, 4) is 11.5 Å². The van der Waals surface area contributed by atoms with E-state index < -0.39 is 0 Å². The Hall–Kier alpha value is -2.32. The van der Waals surface area contributed by atoms with Gasteiger partial charge in [-0.25, -0.2) is 0 Å². The second kappa shape index (κ2) is 10.5. The fourth-order valence-corrected chi connectivity index (χ4v) is 5.88. The zero-order valence-electron chi connectivity index (χ0n) is 20.2. The number of rotatable bonds is 1. The highest BCUT2D eigenvalue weighted by Gasteiger charge is 2.38. The Morgan fingerprint density at radius 1 is 1.03 bits per heavy atom. The van der Waals surface area contributed by atoms with Crippen molar-refractivity contribution in [1.82, 2.24) is 15.1 Å². The van der Waals surface area contributed by atoms with Crippen LogP contribution in [0.2, 0.25) is 0 Å². The minimum absolute atomic E-state index is 0.0621. The lowest BCUT2D eigenvalue weighted by Gasteiger charge is -2.26. The number of hydrogen-bond acceptors (Lipinski definition) is 6. The minimum Gasteiger partial charge on any atom is -0.454 e. The molecule has 186 valence electrons. The highest BCUT2D eigenvalue weighted by molar-refractivity contribution is 5.80. The molecule has 4 aliphatic heterocycles. The largest absolute Gasteiger partial charge is 0.454 e. The van der Waals surface area contributed by atoms with E-state index >= 15 is 0 Å². The van der Waals surface area contributed by atoms with Crippen LogP contribution in [0.4, 0.5) is 0 Å². The quantitative estimate of drug-likeness (QED) is 0.677. The summed E-state index contributed by atoms with van der Waals surface area (Å²) in [6.45, 7) is 5.46. The average Bonchev–Trinajstić information content (AvgIpc) is 3.46. The number of amides is 2. The molecule has 1 N–H and O–H groups in total. The molecule has 8 nitrogen and oxygen atoms in total. The number of ether oxygens (including phenoxy) is 3. The maximum atomic E-state index is 13.2. The molecular formula is C26H37N3O5. The summed E-state index contributed by atoms with van der Waals surface area (Å²) in [4.78, 5) is 30.3. The van der Waals surface area contributed by atoms with Crippen LogP contribution in [-0.2, 0) is 27.3 Å². The lowest BCUT2D eigenvalue weighted by Crippen LogP contribution is -2.37. The Morgan fingerprint density at radius 2 is 1.76 bits per heavy atom.